The molecule has 14 heavy (non-hydrogen) atoms. The van der Waals surface area contributed by atoms with Gasteiger partial charge in [0, 0.05) is 0 Å². The number of allylic oxidation sites excluding steroid dienone is 2. The number of benzene rings is 1. The van der Waals surface area contributed by atoms with Crippen molar-refractivity contribution in [3.8, 4) is 0 Å². The maximum absolute atomic E-state index is 13.5. The van der Waals surface area contributed by atoms with E-state index >= 15 is 0 Å². The summed E-state index contributed by atoms with van der Waals surface area (Å²) in [5, 5.41) is 0. The number of rotatable bonds is 1. The van der Waals surface area contributed by atoms with Crippen molar-refractivity contribution < 1.29 is 4.39 Å². The van der Waals surface area contributed by atoms with E-state index in [0.29, 0.717) is 5.92 Å². The molecule has 0 N–H and O–H groups in total. The monoisotopic (exact) mass is 190 g/mol. The quantitative estimate of drug-likeness (QED) is 0.586. The van der Waals surface area contributed by atoms with Crippen molar-refractivity contribution in [2.24, 2.45) is 0 Å². The molecule has 0 saturated heterocycles. The molecule has 0 radical (unpaired) electrons. The van der Waals surface area contributed by atoms with Crippen LogP contribution in [0.1, 0.15) is 37.7 Å². The molecule has 1 aromatic rings. The Hall–Kier alpha value is -1.11. The summed E-state index contributed by atoms with van der Waals surface area (Å²) in [4.78, 5) is 0. The fraction of sp³-hybridized carbons (Fsp3) is 0.385. The molecule has 0 fully saturated rings. The molecule has 0 bridgehead atoms. The highest BCUT2D eigenvalue weighted by Crippen LogP contribution is 2.33. The molecule has 0 aliphatic heterocycles. The van der Waals surface area contributed by atoms with Crippen LogP contribution in [0.5, 0.6) is 0 Å². The molecule has 2 rings (SSSR count). The molecule has 1 heteroatoms. The third kappa shape index (κ3) is 1.87. The third-order valence-corrected chi connectivity index (χ3v) is 2.92. The van der Waals surface area contributed by atoms with Gasteiger partial charge in [-0.2, -0.15) is 0 Å². The summed E-state index contributed by atoms with van der Waals surface area (Å²) >= 11 is 0. The largest absolute Gasteiger partial charge is 0.207 e. The van der Waals surface area contributed by atoms with Crippen molar-refractivity contribution in [3.05, 3.63) is 47.3 Å². The van der Waals surface area contributed by atoms with Crippen molar-refractivity contribution >= 4 is 0 Å². The van der Waals surface area contributed by atoms with Gasteiger partial charge in [-0.15, -0.1) is 0 Å². The summed E-state index contributed by atoms with van der Waals surface area (Å²) in [5.41, 5.74) is 2.28. The van der Waals surface area contributed by atoms with Crippen LogP contribution >= 0.6 is 0 Å². The Morgan fingerprint density at radius 1 is 1.29 bits per heavy atom. The van der Waals surface area contributed by atoms with Gasteiger partial charge in [-0.1, -0.05) is 29.8 Å². The van der Waals surface area contributed by atoms with Crippen LogP contribution in [0.3, 0.4) is 0 Å². The average Bonchev–Trinajstić information content (AvgIpc) is 2.18. The fourth-order valence-electron chi connectivity index (χ4n) is 2.18. The van der Waals surface area contributed by atoms with E-state index in [1.54, 1.807) is 12.1 Å². The van der Waals surface area contributed by atoms with E-state index in [2.05, 4.69) is 13.0 Å². The van der Waals surface area contributed by atoms with E-state index < -0.39 is 0 Å². The first-order chi connectivity index (χ1) is 6.77. The van der Waals surface area contributed by atoms with E-state index in [0.717, 1.165) is 24.8 Å². The van der Waals surface area contributed by atoms with Gasteiger partial charge in [-0.25, -0.2) is 4.39 Å². The molecule has 0 saturated carbocycles. The van der Waals surface area contributed by atoms with Crippen LogP contribution in [-0.2, 0) is 0 Å². The molecule has 1 unspecified atom stereocenters. The van der Waals surface area contributed by atoms with Gasteiger partial charge in [0.1, 0.15) is 5.82 Å². The van der Waals surface area contributed by atoms with Gasteiger partial charge in [0.15, 0.2) is 0 Å². The molecule has 1 atom stereocenters. The Morgan fingerprint density at radius 2 is 2.07 bits per heavy atom. The van der Waals surface area contributed by atoms with Gasteiger partial charge in [0.2, 0.25) is 0 Å². The first-order valence-corrected chi connectivity index (χ1v) is 5.17. The van der Waals surface area contributed by atoms with Gasteiger partial charge in [0.05, 0.1) is 0 Å². The summed E-state index contributed by atoms with van der Waals surface area (Å²) in [5.74, 6) is 0.341. The number of halogens is 1. The van der Waals surface area contributed by atoms with Gasteiger partial charge >= 0.3 is 0 Å². The molecule has 74 valence electrons. The highest BCUT2D eigenvalue weighted by atomic mass is 19.1. The molecule has 1 aliphatic carbocycles. The maximum atomic E-state index is 13.5. The van der Waals surface area contributed by atoms with Crippen molar-refractivity contribution in [1.29, 1.82) is 0 Å². The van der Waals surface area contributed by atoms with Gasteiger partial charge < -0.3 is 0 Å². The lowest BCUT2D eigenvalue weighted by molar-refractivity contribution is 0.540. The molecule has 0 spiro atoms. The SMILES string of the molecule is CC1=CCCC(c2ccccc2F)C1. The molecule has 1 aliphatic rings. The van der Waals surface area contributed by atoms with Crippen molar-refractivity contribution in [1.82, 2.24) is 0 Å². The number of hydrogen-bond acceptors (Lipinski definition) is 0. The summed E-state index contributed by atoms with van der Waals surface area (Å²) in [6.45, 7) is 2.13. The molecule has 1 aromatic carbocycles. The topological polar surface area (TPSA) is 0 Å². The molecule has 0 aromatic heterocycles. The third-order valence-electron chi connectivity index (χ3n) is 2.92. The van der Waals surface area contributed by atoms with Gasteiger partial charge in [-0.05, 0) is 43.7 Å². The molecular weight excluding hydrogens is 175 g/mol. The zero-order valence-electron chi connectivity index (χ0n) is 8.46. The Morgan fingerprint density at radius 3 is 2.79 bits per heavy atom. The Balaban J connectivity index is 2.24. The first-order valence-electron chi connectivity index (χ1n) is 5.17. The molecule has 0 amide bonds. The summed E-state index contributed by atoms with van der Waals surface area (Å²) < 4.78 is 13.5. The van der Waals surface area contributed by atoms with Gasteiger partial charge in [-0.3, -0.25) is 0 Å². The molecule has 0 nitrogen and oxygen atoms in total. The van der Waals surface area contributed by atoms with Crippen molar-refractivity contribution in [2.75, 3.05) is 0 Å². The highest BCUT2D eigenvalue weighted by molar-refractivity contribution is 5.25. The molecule has 0 heterocycles. The lowest BCUT2D eigenvalue weighted by Gasteiger charge is -2.21. The molecular formula is C13H15F. The lowest BCUT2D eigenvalue weighted by Crippen LogP contribution is -2.05. The van der Waals surface area contributed by atoms with Crippen LogP contribution in [0, 0.1) is 5.82 Å². The summed E-state index contributed by atoms with van der Waals surface area (Å²) in [7, 11) is 0. The lowest BCUT2D eigenvalue weighted by atomic mass is 9.84. The first kappa shape index (κ1) is 9.45. The van der Waals surface area contributed by atoms with Crippen LogP contribution in [0.15, 0.2) is 35.9 Å². The Kier molecular flexibility index (Phi) is 2.67. The van der Waals surface area contributed by atoms with Crippen LogP contribution in [0.4, 0.5) is 4.39 Å². The van der Waals surface area contributed by atoms with E-state index in [4.69, 9.17) is 0 Å². The highest BCUT2D eigenvalue weighted by Gasteiger charge is 2.17. The average molecular weight is 190 g/mol. The smallest absolute Gasteiger partial charge is 0.126 e. The van der Waals surface area contributed by atoms with E-state index in [-0.39, 0.29) is 5.82 Å². The van der Waals surface area contributed by atoms with Crippen molar-refractivity contribution in [3.63, 3.8) is 0 Å². The minimum absolute atomic E-state index is 0.0489. The van der Waals surface area contributed by atoms with E-state index in [9.17, 15) is 4.39 Å². The second-order valence-corrected chi connectivity index (χ2v) is 4.05. The van der Waals surface area contributed by atoms with E-state index in [1.807, 2.05) is 12.1 Å². The van der Waals surface area contributed by atoms with Crippen LogP contribution in [0.2, 0.25) is 0 Å². The normalized spacial score (nSPS) is 21.9. The zero-order chi connectivity index (χ0) is 9.97. The minimum atomic E-state index is -0.0489. The van der Waals surface area contributed by atoms with Gasteiger partial charge in [0.25, 0.3) is 0 Å². The fourth-order valence-corrected chi connectivity index (χ4v) is 2.18. The van der Waals surface area contributed by atoms with Crippen LogP contribution < -0.4 is 0 Å². The predicted molar refractivity (Wildman–Crippen MR) is 56.7 cm³/mol. The number of hydrogen-bond donors (Lipinski definition) is 0. The predicted octanol–water partition coefficient (Wildman–Crippen LogP) is 4.04. The summed E-state index contributed by atoms with van der Waals surface area (Å²) in [6, 6.07) is 7.15. The maximum Gasteiger partial charge on any atom is 0.126 e. The minimum Gasteiger partial charge on any atom is -0.207 e. The Bertz CT molecular complexity index is 352. The summed E-state index contributed by atoms with van der Waals surface area (Å²) in [6.07, 6.45) is 5.45. The second-order valence-electron chi connectivity index (χ2n) is 4.05. The van der Waals surface area contributed by atoms with Crippen molar-refractivity contribution in [2.45, 2.75) is 32.1 Å². The Labute approximate surface area is 84.5 Å². The van der Waals surface area contributed by atoms with Crippen LogP contribution in [-0.4, -0.2) is 0 Å². The zero-order valence-corrected chi connectivity index (χ0v) is 8.46. The second kappa shape index (κ2) is 3.95. The van der Waals surface area contributed by atoms with Crippen LogP contribution in [0.25, 0.3) is 0 Å². The van der Waals surface area contributed by atoms with E-state index in [1.165, 1.54) is 5.57 Å². The standard InChI is InChI=1S/C13H15F/c1-10-5-4-6-11(9-10)12-7-2-3-8-13(12)14/h2-3,5,7-8,11H,4,6,9H2,1H3.